The molecule has 0 aromatic heterocycles. The summed E-state index contributed by atoms with van der Waals surface area (Å²) in [7, 11) is 1.90. The number of ether oxygens (including phenoxy) is 2. The van der Waals surface area contributed by atoms with E-state index in [0.717, 1.165) is 25.7 Å². The minimum absolute atomic E-state index is 0. The predicted octanol–water partition coefficient (Wildman–Crippen LogP) is 6.56. The smallest absolute Gasteiger partial charge is 0.309 e. The third-order valence-electron chi connectivity index (χ3n) is 7.92. The van der Waals surface area contributed by atoms with E-state index in [-0.39, 0.29) is 24.3 Å². The number of halogens is 1. The quantitative estimate of drug-likeness (QED) is 0.0537. The van der Waals surface area contributed by atoms with Gasteiger partial charge in [-0.25, -0.2) is 0 Å². The molecule has 0 aliphatic heterocycles. The van der Waals surface area contributed by atoms with Crippen LogP contribution in [0.2, 0.25) is 0 Å². The van der Waals surface area contributed by atoms with Gasteiger partial charge in [-0.05, 0) is 12.8 Å². The highest BCUT2D eigenvalue weighted by Crippen LogP contribution is 2.15. The van der Waals surface area contributed by atoms with E-state index in [1.807, 2.05) is 12.4 Å². The van der Waals surface area contributed by atoms with Crippen LogP contribution in [0, 0.1) is 0 Å². The molecule has 0 fully saturated rings. The molecule has 0 aliphatic rings. The highest BCUT2D eigenvalue weighted by Gasteiger charge is 2.19. The fourth-order valence-corrected chi connectivity index (χ4v) is 5.30. The number of rotatable bonds is 32. The van der Waals surface area contributed by atoms with Crippen LogP contribution >= 0.6 is 0 Å². The molecule has 2 N–H and O–H groups in total. The number of carbonyl (C=O) groups is 2. The second-order valence-electron chi connectivity index (χ2n) is 12.0. The van der Waals surface area contributed by atoms with Crippen LogP contribution in [0.1, 0.15) is 194 Å². The standard InChI is InChI=1S/C35H69NO4.ClH/c1-4-6-8-10-12-14-16-18-20-22-24-26-28-30-33(37)39-35(32-36-3)40-34(38)31-29-27-25-23-21-19-17-15-13-11-9-7-5-2;/h35-36H,4-32H2,1-3H3;1H. The van der Waals surface area contributed by atoms with E-state index >= 15 is 0 Å². The van der Waals surface area contributed by atoms with Crippen molar-refractivity contribution in [2.24, 2.45) is 0 Å². The van der Waals surface area contributed by atoms with Crippen molar-refractivity contribution in [3.05, 3.63) is 0 Å². The molecule has 0 rings (SSSR count). The van der Waals surface area contributed by atoms with Crippen molar-refractivity contribution in [3.63, 3.8) is 0 Å². The average Bonchev–Trinajstić information content (AvgIpc) is 2.94. The van der Waals surface area contributed by atoms with Crippen molar-refractivity contribution in [1.29, 1.82) is 0 Å². The molecule has 0 spiro atoms. The molecule has 0 heterocycles. The first-order valence-electron chi connectivity index (χ1n) is 17.8. The van der Waals surface area contributed by atoms with Crippen LogP contribution in [0.5, 0.6) is 0 Å². The van der Waals surface area contributed by atoms with Gasteiger partial charge in [-0.2, -0.15) is 0 Å². The van der Waals surface area contributed by atoms with Crippen molar-refractivity contribution in [3.8, 4) is 0 Å². The van der Waals surface area contributed by atoms with Gasteiger partial charge >= 0.3 is 11.9 Å². The summed E-state index contributed by atoms with van der Waals surface area (Å²) >= 11 is 0. The Morgan fingerprint density at radius 3 is 0.951 bits per heavy atom. The fraction of sp³-hybridized carbons (Fsp3) is 0.943. The Morgan fingerprint density at radius 1 is 0.463 bits per heavy atom. The van der Waals surface area contributed by atoms with Gasteiger partial charge in [0.2, 0.25) is 0 Å². The second-order valence-corrected chi connectivity index (χ2v) is 12.0. The van der Waals surface area contributed by atoms with E-state index in [4.69, 9.17) is 9.47 Å². The summed E-state index contributed by atoms with van der Waals surface area (Å²) in [4.78, 5) is 24.5. The summed E-state index contributed by atoms with van der Waals surface area (Å²) in [5, 5.41) is 1.89. The van der Waals surface area contributed by atoms with E-state index < -0.39 is 6.29 Å². The molecule has 0 saturated carbocycles. The zero-order valence-corrected chi connectivity index (χ0v) is 28.4. The molecule has 0 radical (unpaired) electrons. The summed E-state index contributed by atoms with van der Waals surface area (Å²) in [6.45, 7) is 4.99. The normalized spacial score (nSPS) is 11.0. The highest BCUT2D eigenvalue weighted by atomic mass is 35.5. The lowest BCUT2D eigenvalue weighted by Gasteiger charge is -2.16. The summed E-state index contributed by atoms with van der Waals surface area (Å²) in [6, 6.07) is 0. The molecule has 0 aromatic carbocycles. The molecular formula is C35H70ClNO4. The molecule has 0 atom stereocenters. The number of unbranched alkanes of at least 4 members (excludes halogenated alkanes) is 24. The van der Waals surface area contributed by atoms with Gasteiger partial charge < -0.3 is 27.2 Å². The Labute approximate surface area is 261 Å². The zero-order chi connectivity index (χ0) is 29.4. The van der Waals surface area contributed by atoms with Crippen LogP contribution in [0.4, 0.5) is 0 Å². The van der Waals surface area contributed by atoms with Gasteiger partial charge in [0, 0.05) is 12.8 Å². The monoisotopic (exact) mass is 603 g/mol. The summed E-state index contributed by atoms with van der Waals surface area (Å²) in [5.41, 5.74) is 0. The van der Waals surface area contributed by atoms with E-state index in [9.17, 15) is 9.59 Å². The van der Waals surface area contributed by atoms with Crippen LogP contribution in [-0.4, -0.2) is 31.8 Å². The third kappa shape index (κ3) is 33.6. The zero-order valence-electron chi connectivity index (χ0n) is 27.7. The van der Waals surface area contributed by atoms with Gasteiger partial charge in [-0.15, -0.1) is 0 Å². The maximum absolute atomic E-state index is 12.3. The Morgan fingerprint density at radius 2 is 0.707 bits per heavy atom. The van der Waals surface area contributed by atoms with E-state index in [1.165, 1.54) is 141 Å². The van der Waals surface area contributed by atoms with Crippen LogP contribution in [0.15, 0.2) is 0 Å². The van der Waals surface area contributed by atoms with E-state index in [2.05, 4.69) is 13.8 Å². The molecule has 0 amide bonds. The molecular weight excluding hydrogens is 534 g/mol. The topological polar surface area (TPSA) is 69.2 Å². The second kappa shape index (κ2) is 35.4. The summed E-state index contributed by atoms with van der Waals surface area (Å²) < 4.78 is 10.9. The van der Waals surface area contributed by atoms with Gasteiger partial charge in [0.1, 0.15) is 0 Å². The summed E-state index contributed by atoms with van der Waals surface area (Å²) in [5.74, 6) is -0.493. The van der Waals surface area contributed by atoms with Crippen molar-refractivity contribution in [1.82, 2.24) is 0 Å². The maximum Gasteiger partial charge on any atom is 0.309 e. The fourth-order valence-electron chi connectivity index (χ4n) is 5.30. The SMILES string of the molecule is CCCCCCCCCCCCCCCC(=O)OC(C[NH2+]C)OC(=O)CCCCCCCCCCCCCCC.[Cl-]. The van der Waals surface area contributed by atoms with Gasteiger partial charge in [-0.1, -0.05) is 168 Å². The molecule has 41 heavy (non-hydrogen) atoms. The van der Waals surface area contributed by atoms with Crippen molar-refractivity contribution >= 4 is 11.9 Å². The van der Waals surface area contributed by atoms with E-state index in [0.29, 0.717) is 19.4 Å². The van der Waals surface area contributed by atoms with Gasteiger partial charge in [0.15, 0.2) is 6.54 Å². The molecule has 0 aliphatic carbocycles. The number of likely N-dealkylation sites (N-methyl/N-ethyl adjacent to an activating group) is 1. The third-order valence-corrected chi connectivity index (χ3v) is 7.92. The largest absolute Gasteiger partial charge is 1.00 e. The lowest BCUT2D eigenvalue weighted by molar-refractivity contribution is -0.639. The number of hydrogen-bond acceptors (Lipinski definition) is 4. The van der Waals surface area contributed by atoms with Crippen LogP contribution in [0.3, 0.4) is 0 Å². The minimum Gasteiger partial charge on any atom is -1.00 e. The van der Waals surface area contributed by atoms with Crippen LogP contribution < -0.4 is 17.7 Å². The number of esters is 2. The van der Waals surface area contributed by atoms with Crippen molar-refractivity contribution in [2.75, 3.05) is 13.6 Å². The molecule has 0 aromatic rings. The van der Waals surface area contributed by atoms with Crippen LogP contribution in [-0.2, 0) is 19.1 Å². The number of carbonyl (C=O) groups excluding carboxylic acids is 2. The Bertz CT molecular complexity index is 502. The lowest BCUT2D eigenvalue weighted by atomic mass is 10.0. The number of nitrogens with two attached hydrogens (primary N) is 1. The van der Waals surface area contributed by atoms with Crippen LogP contribution in [0.25, 0.3) is 0 Å². The average molecular weight is 604 g/mol. The van der Waals surface area contributed by atoms with Crippen molar-refractivity contribution < 1.29 is 36.8 Å². The van der Waals surface area contributed by atoms with Gasteiger partial charge in [0.05, 0.1) is 7.05 Å². The lowest BCUT2D eigenvalue weighted by Crippen LogP contribution is -3.00. The first-order valence-corrected chi connectivity index (χ1v) is 17.8. The Kier molecular flexibility index (Phi) is 36.5. The molecule has 246 valence electrons. The number of hydrogen-bond donors (Lipinski definition) is 1. The van der Waals surface area contributed by atoms with Gasteiger partial charge in [0.25, 0.3) is 6.29 Å². The Hall–Kier alpha value is -0.810. The molecule has 6 heteroatoms. The summed E-state index contributed by atoms with van der Waals surface area (Å²) in [6.07, 6.45) is 33.4. The molecule has 5 nitrogen and oxygen atoms in total. The number of quaternary nitrogens is 1. The molecule has 0 unspecified atom stereocenters. The molecule has 0 bridgehead atoms. The highest BCUT2D eigenvalue weighted by molar-refractivity contribution is 5.71. The molecule has 0 saturated heterocycles. The Balaban J connectivity index is 0. The van der Waals surface area contributed by atoms with Gasteiger partial charge in [-0.3, -0.25) is 9.59 Å². The maximum atomic E-state index is 12.3. The van der Waals surface area contributed by atoms with E-state index in [1.54, 1.807) is 0 Å². The first-order chi connectivity index (χ1) is 19.6. The first kappa shape index (κ1) is 42.3. The minimum atomic E-state index is -0.769. The predicted molar refractivity (Wildman–Crippen MR) is 169 cm³/mol. The van der Waals surface area contributed by atoms with Crippen molar-refractivity contribution in [2.45, 2.75) is 200 Å².